The summed E-state index contributed by atoms with van der Waals surface area (Å²) in [5.41, 5.74) is 8.66. The maximum atomic E-state index is 2.43. The van der Waals surface area contributed by atoms with Crippen molar-refractivity contribution in [2.75, 3.05) is 0 Å². The number of allylic oxidation sites excluding steroid dienone is 8. The molecule has 2 aliphatic carbocycles. The Balaban J connectivity index is 0.00000176. The molecule has 2 aliphatic rings. The molecular weight excluding hydrogens is 611 g/mol. The van der Waals surface area contributed by atoms with E-state index in [9.17, 15) is 0 Å². The van der Waals surface area contributed by atoms with Gasteiger partial charge in [0.2, 0.25) is 0 Å². The molecule has 37 heavy (non-hydrogen) atoms. The van der Waals surface area contributed by atoms with E-state index in [-0.39, 0.29) is 2.85 Å². The van der Waals surface area contributed by atoms with E-state index in [4.69, 9.17) is 0 Å². The summed E-state index contributed by atoms with van der Waals surface area (Å²) in [5, 5.41) is 0. The van der Waals surface area contributed by atoms with E-state index in [1.807, 2.05) is 0 Å². The molecule has 4 aromatic rings. The van der Waals surface area contributed by atoms with Crippen molar-refractivity contribution in [3.8, 4) is 0 Å². The second-order valence-corrected chi connectivity index (χ2v) is 14.9. The summed E-state index contributed by atoms with van der Waals surface area (Å²) in [5.74, 6) is 0.613. The first-order chi connectivity index (χ1) is 18.4. The monoisotopic (exact) mass is 644 g/mol. The normalized spacial score (nSPS) is 14.8. The molecule has 1 heteroatoms. The molecule has 180 valence electrons. The van der Waals surface area contributed by atoms with E-state index >= 15 is 0 Å². The average Bonchev–Trinajstić information content (AvgIpc) is 3.62. The van der Waals surface area contributed by atoms with E-state index in [1.54, 1.807) is 17.8 Å². The van der Waals surface area contributed by atoms with Gasteiger partial charge in [0.15, 0.2) is 0 Å². The maximum Gasteiger partial charge on any atom is -1.00 e. The van der Waals surface area contributed by atoms with E-state index in [2.05, 4.69) is 146 Å². The van der Waals surface area contributed by atoms with Crippen LogP contribution in [0.1, 0.15) is 49.8 Å². The summed E-state index contributed by atoms with van der Waals surface area (Å²) in [6.07, 6.45) is 11.9. The zero-order valence-electron chi connectivity index (χ0n) is 22.9. The zero-order valence-corrected chi connectivity index (χ0v) is 24.5. The van der Waals surface area contributed by atoms with Gasteiger partial charge >= 0.3 is 233 Å². The smallest absolute Gasteiger partial charge is 1.00 e. The fraction of sp³-hybridized carbons (Fsp3) is 0.111. The molecule has 0 spiro atoms. The van der Waals surface area contributed by atoms with Gasteiger partial charge in [0.25, 0.3) is 0 Å². The van der Waals surface area contributed by atoms with Crippen molar-refractivity contribution >= 4 is 0 Å². The third-order valence-electron chi connectivity index (χ3n) is 7.39. The Hall–Kier alpha value is -3.29. The molecule has 0 saturated heterocycles. The molecule has 0 saturated carbocycles. The Labute approximate surface area is 235 Å². The summed E-state index contributed by atoms with van der Waals surface area (Å²) in [4.78, 5) is 0. The van der Waals surface area contributed by atoms with Gasteiger partial charge in [-0.3, -0.25) is 0 Å². The van der Waals surface area contributed by atoms with Crippen LogP contribution in [0, 0.1) is 0 Å². The summed E-state index contributed by atoms with van der Waals surface area (Å²) >= 11 is -1.25. The fourth-order valence-electron chi connectivity index (χ4n) is 5.70. The van der Waals surface area contributed by atoms with Gasteiger partial charge < -0.3 is 2.85 Å². The molecule has 0 heterocycles. The van der Waals surface area contributed by atoms with E-state index in [0.29, 0.717) is 11.8 Å². The second kappa shape index (κ2) is 11.4. The Morgan fingerprint density at radius 1 is 0.432 bits per heavy atom. The molecule has 0 N–H and O–H groups in total. The molecule has 0 nitrogen and oxygen atoms in total. The molecule has 0 aromatic heterocycles. The summed E-state index contributed by atoms with van der Waals surface area (Å²) in [6.45, 7) is 0. The van der Waals surface area contributed by atoms with Crippen LogP contribution in [0.3, 0.4) is 0 Å². The van der Waals surface area contributed by atoms with Crippen LogP contribution in [0.4, 0.5) is 0 Å². The predicted octanol–water partition coefficient (Wildman–Crippen LogP) is 9.39. The van der Waals surface area contributed by atoms with Crippen LogP contribution < -0.4 is 0 Å². The van der Waals surface area contributed by atoms with Crippen LogP contribution in [0.15, 0.2) is 163 Å². The van der Waals surface area contributed by atoms with Gasteiger partial charge in [0, 0.05) is 0 Å². The zero-order chi connectivity index (χ0) is 24.9. The van der Waals surface area contributed by atoms with Gasteiger partial charge in [-0.25, -0.2) is 0 Å². The fourth-order valence-corrected chi connectivity index (χ4v) is 11.3. The van der Waals surface area contributed by atoms with Crippen LogP contribution in [-0.4, -0.2) is 0 Å². The van der Waals surface area contributed by atoms with Crippen molar-refractivity contribution in [1.29, 1.82) is 0 Å². The Kier molecular flexibility index (Phi) is 7.42. The summed E-state index contributed by atoms with van der Waals surface area (Å²) < 4.78 is 3.49. The van der Waals surface area contributed by atoms with E-state index < -0.39 is 22.9 Å². The van der Waals surface area contributed by atoms with Crippen LogP contribution in [-0.2, 0) is 22.9 Å². The van der Waals surface area contributed by atoms with Crippen molar-refractivity contribution in [2.24, 2.45) is 0 Å². The number of rotatable bonds is 8. The van der Waals surface area contributed by atoms with Crippen LogP contribution in [0.2, 0.25) is 0 Å². The van der Waals surface area contributed by atoms with Crippen molar-refractivity contribution in [3.05, 3.63) is 186 Å². The molecule has 0 fully saturated rings. The van der Waals surface area contributed by atoms with E-state index in [0.717, 1.165) is 12.8 Å². The van der Waals surface area contributed by atoms with Gasteiger partial charge in [-0.05, 0) is 0 Å². The van der Waals surface area contributed by atoms with E-state index in [1.165, 1.54) is 22.3 Å². The van der Waals surface area contributed by atoms with Crippen molar-refractivity contribution in [3.63, 3.8) is 0 Å². The topological polar surface area (TPSA) is 0 Å². The average molecular weight is 643 g/mol. The molecule has 0 aliphatic heterocycles. The molecule has 0 amide bonds. The minimum Gasteiger partial charge on any atom is -1.00 e. The molecule has 4 aromatic carbocycles. The first kappa shape index (κ1) is 24.1. The van der Waals surface area contributed by atoms with Gasteiger partial charge in [-0.2, -0.15) is 0 Å². The molecule has 0 bridgehead atoms. The first-order valence-electron chi connectivity index (χ1n) is 13.1. The van der Waals surface area contributed by atoms with Gasteiger partial charge in [0.05, 0.1) is 0 Å². The third-order valence-corrected chi connectivity index (χ3v) is 13.1. The Morgan fingerprint density at radius 2 is 0.730 bits per heavy atom. The summed E-state index contributed by atoms with van der Waals surface area (Å²) in [6, 6.07) is 44.3. The Morgan fingerprint density at radius 3 is 1.03 bits per heavy atom. The molecule has 0 atom stereocenters. The van der Waals surface area contributed by atoms with Crippen LogP contribution >= 0.6 is 0 Å². The molecule has 6 rings (SSSR count). The van der Waals surface area contributed by atoms with Gasteiger partial charge in [0.1, 0.15) is 0 Å². The van der Waals surface area contributed by atoms with Gasteiger partial charge in [-0.1, -0.05) is 0 Å². The summed E-state index contributed by atoms with van der Waals surface area (Å²) in [7, 11) is 0. The third kappa shape index (κ3) is 5.24. The quantitative estimate of drug-likeness (QED) is 0.168. The molecule has 0 unspecified atom stereocenters. The SMILES string of the molecule is C1=CC(C(c2ccccc2)c2ccccc2)=[C]([Hf+2][C]2=C(C(c3ccccc3)c3ccccc3)C=CC2)C1.[H-].[H-]. The van der Waals surface area contributed by atoms with Gasteiger partial charge in [-0.15, -0.1) is 0 Å². The maximum absolute atomic E-state index is 2.43. The number of hydrogen-bond donors (Lipinski definition) is 0. The van der Waals surface area contributed by atoms with Crippen LogP contribution in [0.25, 0.3) is 0 Å². The predicted molar refractivity (Wildman–Crippen MR) is 153 cm³/mol. The molecule has 0 radical (unpaired) electrons. The largest absolute Gasteiger partial charge is 1.00 e. The standard InChI is InChI=1S/2C18H15.Hf.2H/c2*1-3-9-15(10-4-1)18(17-13-7-8-14-17)16-11-5-2-6-12-16;;;/h2*1-7,9-13,18H,8H2;;;/q;;+2;2*-1. The minimum atomic E-state index is -1.25. The Bertz CT molecular complexity index is 1280. The van der Waals surface area contributed by atoms with Crippen molar-refractivity contribution < 1.29 is 25.8 Å². The number of hydrogen-bond acceptors (Lipinski definition) is 0. The van der Waals surface area contributed by atoms with Crippen molar-refractivity contribution in [2.45, 2.75) is 24.7 Å². The minimum absolute atomic E-state index is 0. The van der Waals surface area contributed by atoms with Crippen molar-refractivity contribution in [1.82, 2.24) is 0 Å². The second-order valence-electron chi connectivity index (χ2n) is 9.71. The number of benzene rings is 4. The first-order valence-corrected chi connectivity index (χ1v) is 16.7. The molecular formula is C36H32Hf. The van der Waals surface area contributed by atoms with Crippen LogP contribution in [0.5, 0.6) is 0 Å².